The number of carboxylic acid groups (broad SMARTS) is 2. The van der Waals surface area contributed by atoms with E-state index < -0.39 is 22.8 Å². The fourth-order valence-corrected chi connectivity index (χ4v) is 0.696. The van der Waals surface area contributed by atoms with Gasteiger partial charge in [-0.25, -0.2) is 0 Å². The molecule has 0 aromatic heterocycles. The van der Waals surface area contributed by atoms with Gasteiger partial charge in [-0.1, -0.05) is 20.8 Å². The van der Waals surface area contributed by atoms with Crippen LogP contribution in [-0.4, -0.2) is 11.9 Å². The molecule has 12 heavy (non-hydrogen) atoms. The van der Waals surface area contributed by atoms with E-state index >= 15 is 0 Å². The molecule has 0 heterocycles. The van der Waals surface area contributed by atoms with Crippen molar-refractivity contribution in [2.75, 3.05) is 0 Å². The summed E-state index contributed by atoms with van der Waals surface area (Å²) < 4.78 is 0. The average Bonchev–Trinajstić information content (AvgIpc) is 1.82. The normalized spacial score (nSPS) is 12.7. The second-order valence-corrected chi connectivity index (χ2v) is 3.95. The Morgan fingerprint density at radius 1 is 0.917 bits per heavy atom. The van der Waals surface area contributed by atoms with Crippen LogP contribution in [0.3, 0.4) is 0 Å². The van der Waals surface area contributed by atoms with Crippen molar-refractivity contribution in [1.82, 2.24) is 0 Å². The van der Waals surface area contributed by atoms with E-state index in [9.17, 15) is 19.8 Å². The highest BCUT2D eigenvalue weighted by atomic mass is 16.4. The summed E-state index contributed by atoms with van der Waals surface area (Å²) >= 11 is 0. The molecule has 0 unspecified atom stereocenters. The molecule has 0 aliphatic heterocycles. The first-order valence-electron chi connectivity index (χ1n) is 3.57. The third kappa shape index (κ3) is 1.42. The lowest BCUT2D eigenvalue weighted by molar-refractivity contribution is -0.348. The van der Waals surface area contributed by atoms with E-state index in [0.717, 1.165) is 6.92 Å². The summed E-state index contributed by atoms with van der Waals surface area (Å²) in [5.41, 5.74) is -2.88. The highest BCUT2D eigenvalue weighted by molar-refractivity contribution is 5.96. The quantitative estimate of drug-likeness (QED) is 0.477. The summed E-state index contributed by atoms with van der Waals surface area (Å²) in [4.78, 5) is 21.2. The third-order valence-corrected chi connectivity index (χ3v) is 2.32. The van der Waals surface area contributed by atoms with Gasteiger partial charge in [0.15, 0.2) is 0 Å². The molecular weight excluding hydrogens is 160 g/mol. The van der Waals surface area contributed by atoms with Crippen molar-refractivity contribution in [3.8, 4) is 0 Å². The zero-order chi connectivity index (χ0) is 10.2. The van der Waals surface area contributed by atoms with E-state index in [1.807, 2.05) is 0 Å². The van der Waals surface area contributed by atoms with Crippen LogP contribution in [-0.2, 0) is 9.59 Å². The van der Waals surface area contributed by atoms with E-state index in [1.54, 1.807) is 0 Å². The van der Waals surface area contributed by atoms with Gasteiger partial charge in [0.1, 0.15) is 0 Å². The molecule has 0 spiro atoms. The van der Waals surface area contributed by atoms with E-state index in [0.29, 0.717) is 0 Å². The summed E-state index contributed by atoms with van der Waals surface area (Å²) in [6.45, 7) is 5.63. The fourth-order valence-electron chi connectivity index (χ4n) is 0.696. The van der Waals surface area contributed by atoms with Crippen LogP contribution in [0.25, 0.3) is 0 Å². The van der Waals surface area contributed by atoms with Gasteiger partial charge >= 0.3 is 0 Å². The molecule has 4 heteroatoms. The highest BCUT2D eigenvalue weighted by Crippen LogP contribution is 2.37. The molecule has 0 aliphatic carbocycles. The number of aliphatic carboxylic acids is 2. The van der Waals surface area contributed by atoms with Gasteiger partial charge in [-0.2, -0.15) is 0 Å². The predicted molar refractivity (Wildman–Crippen MR) is 37.6 cm³/mol. The second kappa shape index (κ2) is 2.77. The Morgan fingerprint density at radius 3 is 1.17 bits per heavy atom. The van der Waals surface area contributed by atoms with Crippen molar-refractivity contribution in [2.24, 2.45) is 10.8 Å². The monoisotopic (exact) mass is 172 g/mol. The Morgan fingerprint density at radius 2 is 1.17 bits per heavy atom. The smallest absolute Gasteiger partial charge is 0.0535 e. The Labute approximate surface area is 71.2 Å². The molecule has 0 aromatic carbocycles. The van der Waals surface area contributed by atoms with E-state index in [4.69, 9.17) is 0 Å². The summed E-state index contributed by atoms with van der Waals surface area (Å²) in [5, 5.41) is 21.2. The molecular formula is C8H12O4-2. The van der Waals surface area contributed by atoms with Gasteiger partial charge in [-0.05, 0) is 12.3 Å². The maximum absolute atomic E-state index is 10.6. The summed E-state index contributed by atoms with van der Waals surface area (Å²) in [7, 11) is 0. The molecule has 0 amide bonds. The summed E-state index contributed by atoms with van der Waals surface area (Å²) in [5.74, 6) is -3.23. The predicted octanol–water partition coefficient (Wildman–Crippen LogP) is -1.46. The SMILES string of the molecule is CC(C)(C)C(C)(C(=O)[O-])C(=O)[O-]. The lowest BCUT2D eigenvalue weighted by Gasteiger charge is -2.43. The minimum atomic E-state index is -1.95. The van der Waals surface area contributed by atoms with Gasteiger partial charge in [0.05, 0.1) is 17.4 Å². The van der Waals surface area contributed by atoms with Gasteiger partial charge in [-0.3, -0.25) is 0 Å². The maximum atomic E-state index is 10.6. The molecule has 0 aromatic rings. The lowest BCUT2D eigenvalue weighted by Crippen LogP contribution is -2.58. The summed E-state index contributed by atoms with van der Waals surface area (Å²) in [6.07, 6.45) is 0. The molecule has 0 saturated carbocycles. The van der Waals surface area contributed by atoms with Gasteiger partial charge < -0.3 is 19.8 Å². The second-order valence-electron chi connectivity index (χ2n) is 3.95. The van der Waals surface area contributed by atoms with Crippen molar-refractivity contribution in [2.45, 2.75) is 27.7 Å². The van der Waals surface area contributed by atoms with Gasteiger partial charge in [0.2, 0.25) is 0 Å². The van der Waals surface area contributed by atoms with E-state index in [1.165, 1.54) is 20.8 Å². The van der Waals surface area contributed by atoms with Crippen molar-refractivity contribution in [3.05, 3.63) is 0 Å². The standard InChI is InChI=1S/C8H14O4/c1-7(2,3)8(4,5(9)10)6(11)12/h1-4H3,(H,9,10)(H,11,12)/p-2. The first kappa shape index (κ1) is 10.9. The third-order valence-electron chi connectivity index (χ3n) is 2.32. The van der Waals surface area contributed by atoms with Crippen LogP contribution in [0, 0.1) is 10.8 Å². The number of carbonyl (C=O) groups is 2. The molecule has 0 N–H and O–H groups in total. The molecule has 0 rings (SSSR count). The molecule has 0 atom stereocenters. The van der Waals surface area contributed by atoms with Crippen LogP contribution in [0.5, 0.6) is 0 Å². The molecule has 0 bridgehead atoms. The Kier molecular flexibility index (Phi) is 2.52. The van der Waals surface area contributed by atoms with Crippen molar-refractivity contribution in [3.63, 3.8) is 0 Å². The Balaban J connectivity index is 5.17. The zero-order valence-corrected chi connectivity index (χ0v) is 7.63. The number of hydrogen-bond donors (Lipinski definition) is 0. The Bertz CT molecular complexity index is 198. The first-order valence-corrected chi connectivity index (χ1v) is 3.57. The fraction of sp³-hybridized carbons (Fsp3) is 0.750. The van der Waals surface area contributed by atoms with Crippen molar-refractivity contribution < 1.29 is 19.8 Å². The molecule has 0 radical (unpaired) electrons. The van der Waals surface area contributed by atoms with Gasteiger partial charge in [0, 0.05) is 0 Å². The van der Waals surface area contributed by atoms with Crippen LogP contribution in [0.1, 0.15) is 27.7 Å². The summed E-state index contributed by atoms with van der Waals surface area (Å²) in [6, 6.07) is 0. The number of carboxylic acids is 2. The molecule has 0 fully saturated rings. The molecule has 0 aliphatic rings. The highest BCUT2D eigenvalue weighted by Gasteiger charge is 2.40. The zero-order valence-electron chi connectivity index (χ0n) is 7.63. The number of carbonyl (C=O) groups excluding carboxylic acids is 2. The average molecular weight is 172 g/mol. The topological polar surface area (TPSA) is 80.3 Å². The lowest BCUT2D eigenvalue weighted by atomic mass is 9.68. The van der Waals surface area contributed by atoms with Crippen molar-refractivity contribution in [1.29, 1.82) is 0 Å². The van der Waals surface area contributed by atoms with Gasteiger partial charge in [-0.15, -0.1) is 0 Å². The van der Waals surface area contributed by atoms with Crippen LogP contribution in [0.4, 0.5) is 0 Å². The van der Waals surface area contributed by atoms with E-state index in [-0.39, 0.29) is 0 Å². The molecule has 4 nitrogen and oxygen atoms in total. The minimum absolute atomic E-state index is 0.926. The van der Waals surface area contributed by atoms with Crippen LogP contribution in [0.2, 0.25) is 0 Å². The van der Waals surface area contributed by atoms with Gasteiger partial charge in [0.25, 0.3) is 0 Å². The maximum Gasteiger partial charge on any atom is 0.0535 e. The number of rotatable bonds is 2. The Hall–Kier alpha value is -1.06. The van der Waals surface area contributed by atoms with Crippen LogP contribution >= 0.6 is 0 Å². The van der Waals surface area contributed by atoms with Crippen molar-refractivity contribution >= 4 is 11.9 Å². The largest absolute Gasteiger partial charge is 0.549 e. The molecule has 70 valence electrons. The van der Waals surface area contributed by atoms with Crippen LogP contribution in [0.15, 0.2) is 0 Å². The first-order chi connectivity index (χ1) is 5.14. The minimum Gasteiger partial charge on any atom is -0.549 e. The number of hydrogen-bond acceptors (Lipinski definition) is 4. The van der Waals surface area contributed by atoms with E-state index in [2.05, 4.69) is 0 Å². The van der Waals surface area contributed by atoms with Crippen LogP contribution < -0.4 is 10.2 Å². The molecule has 0 saturated heterocycles.